The minimum absolute atomic E-state index is 0.254. The molecule has 4 heteroatoms. The SMILES string of the molecule is CC(C)CN(C(=O)CN1CCC(C(C)O)C1)C1CC1. The van der Waals surface area contributed by atoms with Gasteiger partial charge in [0.15, 0.2) is 0 Å². The molecular weight excluding hydrogens is 240 g/mol. The quantitative estimate of drug-likeness (QED) is 0.790. The molecule has 110 valence electrons. The topological polar surface area (TPSA) is 43.8 Å². The third-order valence-corrected chi connectivity index (χ3v) is 4.22. The Morgan fingerprint density at radius 3 is 2.47 bits per heavy atom. The van der Waals surface area contributed by atoms with E-state index in [9.17, 15) is 9.90 Å². The lowest BCUT2D eigenvalue weighted by molar-refractivity contribution is -0.133. The first-order chi connectivity index (χ1) is 8.97. The first-order valence-corrected chi connectivity index (χ1v) is 7.67. The van der Waals surface area contributed by atoms with Gasteiger partial charge in [-0.15, -0.1) is 0 Å². The fourth-order valence-corrected chi connectivity index (χ4v) is 2.92. The molecule has 1 heterocycles. The first-order valence-electron chi connectivity index (χ1n) is 7.67. The number of hydrogen-bond donors (Lipinski definition) is 1. The van der Waals surface area contributed by atoms with Gasteiger partial charge in [0.25, 0.3) is 0 Å². The van der Waals surface area contributed by atoms with E-state index in [2.05, 4.69) is 23.6 Å². The van der Waals surface area contributed by atoms with E-state index in [0.717, 1.165) is 26.1 Å². The molecule has 1 N–H and O–H groups in total. The Hall–Kier alpha value is -0.610. The number of likely N-dealkylation sites (tertiary alicyclic amines) is 1. The molecule has 2 atom stereocenters. The molecule has 0 bridgehead atoms. The average molecular weight is 268 g/mol. The summed E-state index contributed by atoms with van der Waals surface area (Å²) in [5.41, 5.74) is 0. The summed E-state index contributed by atoms with van der Waals surface area (Å²) in [6.07, 6.45) is 3.11. The maximum atomic E-state index is 12.4. The highest BCUT2D eigenvalue weighted by molar-refractivity contribution is 5.79. The molecule has 4 nitrogen and oxygen atoms in total. The van der Waals surface area contributed by atoms with Crippen molar-refractivity contribution in [1.29, 1.82) is 0 Å². The molecule has 19 heavy (non-hydrogen) atoms. The van der Waals surface area contributed by atoms with Crippen LogP contribution in [-0.4, -0.2) is 59.1 Å². The van der Waals surface area contributed by atoms with Crippen LogP contribution in [0, 0.1) is 11.8 Å². The second kappa shape index (κ2) is 6.23. The molecule has 1 aliphatic carbocycles. The maximum Gasteiger partial charge on any atom is 0.237 e. The molecule has 0 aromatic heterocycles. The van der Waals surface area contributed by atoms with Crippen molar-refractivity contribution in [2.45, 2.75) is 52.2 Å². The van der Waals surface area contributed by atoms with Crippen LogP contribution in [0.5, 0.6) is 0 Å². The number of aliphatic hydroxyl groups is 1. The molecule has 1 aliphatic heterocycles. The lowest BCUT2D eigenvalue weighted by Crippen LogP contribution is -2.42. The minimum atomic E-state index is -0.254. The summed E-state index contributed by atoms with van der Waals surface area (Å²) in [7, 11) is 0. The predicted molar refractivity (Wildman–Crippen MR) is 75.8 cm³/mol. The minimum Gasteiger partial charge on any atom is -0.393 e. The van der Waals surface area contributed by atoms with Crippen LogP contribution in [0.4, 0.5) is 0 Å². The molecular formula is C15H28N2O2. The van der Waals surface area contributed by atoms with Crippen LogP contribution in [0.15, 0.2) is 0 Å². The first kappa shape index (κ1) is 14.8. The molecule has 1 amide bonds. The lowest BCUT2D eigenvalue weighted by Gasteiger charge is -2.27. The van der Waals surface area contributed by atoms with E-state index in [1.165, 1.54) is 12.8 Å². The predicted octanol–water partition coefficient (Wildman–Crippen LogP) is 1.34. The zero-order valence-electron chi connectivity index (χ0n) is 12.5. The van der Waals surface area contributed by atoms with Crippen LogP contribution in [-0.2, 0) is 4.79 Å². The smallest absolute Gasteiger partial charge is 0.237 e. The Labute approximate surface area is 116 Å². The molecule has 0 spiro atoms. The number of carbonyl (C=O) groups excluding carboxylic acids is 1. The van der Waals surface area contributed by atoms with Crippen molar-refractivity contribution in [3.8, 4) is 0 Å². The van der Waals surface area contributed by atoms with Crippen LogP contribution < -0.4 is 0 Å². The van der Waals surface area contributed by atoms with Gasteiger partial charge in [0, 0.05) is 19.1 Å². The number of rotatable bonds is 6. The van der Waals surface area contributed by atoms with E-state index in [1.807, 2.05) is 6.92 Å². The number of carbonyl (C=O) groups is 1. The van der Waals surface area contributed by atoms with E-state index >= 15 is 0 Å². The highest BCUT2D eigenvalue weighted by Crippen LogP contribution is 2.28. The fraction of sp³-hybridized carbons (Fsp3) is 0.933. The summed E-state index contributed by atoms with van der Waals surface area (Å²) in [5, 5.41) is 9.61. The van der Waals surface area contributed by atoms with Crippen LogP contribution in [0.1, 0.15) is 40.0 Å². The zero-order chi connectivity index (χ0) is 14.0. The van der Waals surface area contributed by atoms with Gasteiger partial charge in [-0.2, -0.15) is 0 Å². The molecule has 0 aromatic rings. The van der Waals surface area contributed by atoms with Crippen molar-refractivity contribution >= 4 is 5.91 Å². The zero-order valence-corrected chi connectivity index (χ0v) is 12.5. The van der Waals surface area contributed by atoms with Gasteiger partial charge < -0.3 is 10.0 Å². The highest BCUT2D eigenvalue weighted by atomic mass is 16.3. The Morgan fingerprint density at radius 1 is 1.32 bits per heavy atom. The van der Waals surface area contributed by atoms with Crippen molar-refractivity contribution in [2.24, 2.45) is 11.8 Å². The summed E-state index contributed by atoms with van der Waals surface area (Å²) in [6, 6.07) is 0.505. The normalized spacial score (nSPS) is 25.8. The van der Waals surface area contributed by atoms with Gasteiger partial charge in [-0.05, 0) is 44.6 Å². The molecule has 2 aliphatic rings. The molecule has 2 unspecified atom stereocenters. The van der Waals surface area contributed by atoms with Crippen molar-refractivity contribution in [3.05, 3.63) is 0 Å². The average Bonchev–Trinajstić information content (AvgIpc) is 3.05. The van der Waals surface area contributed by atoms with Crippen molar-refractivity contribution in [3.63, 3.8) is 0 Å². The summed E-state index contributed by atoms with van der Waals surface area (Å²) in [6.45, 7) is 9.42. The van der Waals surface area contributed by atoms with Crippen LogP contribution in [0.2, 0.25) is 0 Å². The van der Waals surface area contributed by atoms with E-state index < -0.39 is 0 Å². The van der Waals surface area contributed by atoms with Crippen molar-refractivity contribution in [1.82, 2.24) is 9.80 Å². The summed E-state index contributed by atoms with van der Waals surface area (Å²) >= 11 is 0. The van der Waals surface area contributed by atoms with Gasteiger partial charge in [-0.25, -0.2) is 0 Å². The Kier molecular flexibility index (Phi) is 4.85. The maximum absolute atomic E-state index is 12.4. The van der Waals surface area contributed by atoms with E-state index in [0.29, 0.717) is 24.4 Å². The third-order valence-electron chi connectivity index (χ3n) is 4.22. The monoisotopic (exact) mass is 268 g/mol. The van der Waals surface area contributed by atoms with E-state index in [1.54, 1.807) is 0 Å². The Morgan fingerprint density at radius 2 is 2.00 bits per heavy atom. The molecule has 1 saturated carbocycles. The second-order valence-electron chi connectivity index (χ2n) is 6.70. The number of nitrogens with zero attached hydrogens (tertiary/aromatic N) is 2. The Bertz CT molecular complexity index is 313. The van der Waals surface area contributed by atoms with Crippen molar-refractivity contribution < 1.29 is 9.90 Å². The standard InChI is InChI=1S/C15H28N2O2/c1-11(2)8-17(14-4-5-14)15(19)10-16-7-6-13(9-16)12(3)18/h11-14,18H,4-10H2,1-3H3. The van der Waals surface area contributed by atoms with E-state index in [-0.39, 0.29) is 12.0 Å². The Balaban J connectivity index is 1.82. The van der Waals surface area contributed by atoms with Crippen LogP contribution >= 0.6 is 0 Å². The summed E-state index contributed by atoms with van der Waals surface area (Å²) < 4.78 is 0. The second-order valence-corrected chi connectivity index (χ2v) is 6.70. The van der Waals surface area contributed by atoms with Gasteiger partial charge in [0.2, 0.25) is 5.91 Å². The van der Waals surface area contributed by atoms with Gasteiger partial charge >= 0.3 is 0 Å². The van der Waals surface area contributed by atoms with Gasteiger partial charge in [0.05, 0.1) is 12.6 Å². The highest BCUT2D eigenvalue weighted by Gasteiger charge is 2.34. The molecule has 2 rings (SSSR count). The van der Waals surface area contributed by atoms with Crippen LogP contribution in [0.25, 0.3) is 0 Å². The summed E-state index contributed by atoms with van der Waals surface area (Å²) in [5.74, 6) is 1.16. The number of amides is 1. The summed E-state index contributed by atoms with van der Waals surface area (Å²) in [4.78, 5) is 16.7. The fourth-order valence-electron chi connectivity index (χ4n) is 2.92. The van der Waals surface area contributed by atoms with Gasteiger partial charge in [-0.3, -0.25) is 9.69 Å². The van der Waals surface area contributed by atoms with Gasteiger partial charge in [0.1, 0.15) is 0 Å². The van der Waals surface area contributed by atoms with E-state index in [4.69, 9.17) is 0 Å². The number of aliphatic hydroxyl groups excluding tert-OH is 1. The number of hydrogen-bond acceptors (Lipinski definition) is 3. The molecule has 0 radical (unpaired) electrons. The van der Waals surface area contributed by atoms with Gasteiger partial charge in [-0.1, -0.05) is 13.8 Å². The van der Waals surface area contributed by atoms with Crippen LogP contribution in [0.3, 0.4) is 0 Å². The molecule has 2 fully saturated rings. The third kappa shape index (κ3) is 4.18. The van der Waals surface area contributed by atoms with Crippen molar-refractivity contribution in [2.75, 3.05) is 26.2 Å². The molecule has 1 saturated heterocycles. The lowest BCUT2D eigenvalue weighted by atomic mass is 10.0. The largest absolute Gasteiger partial charge is 0.393 e. The molecule has 0 aromatic carbocycles.